The Morgan fingerprint density at radius 2 is 2.03 bits per heavy atom. The number of likely N-dealkylation sites (tertiary alicyclic amines) is 1. The van der Waals surface area contributed by atoms with Crippen molar-refractivity contribution >= 4 is 12.0 Å². The number of benzene rings is 1. The van der Waals surface area contributed by atoms with Crippen molar-refractivity contribution in [2.75, 3.05) is 32.8 Å². The molecule has 0 saturated carbocycles. The smallest absolute Gasteiger partial charge is 0.410 e. The highest BCUT2D eigenvalue weighted by Gasteiger charge is 2.47. The molecule has 2 amide bonds. The Balaban J connectivity index is 1.24. The Morgan fingerprint density at radius 1 is 1.27 bits per heavy atom. The Bertz CT molecular complexity index is 850. The summed E-state index contributed by atoms with van der Waals surface area (Å²) in [6.07, 6.45) is 4.08. The molecule has 0 N–H and O–H groups in total. The molecule has 0 bridgehead atoms. The van der Waals surface area contributed by atoms with Gasteiger partial charge in [-0.05, 0) is 12.1 Å². The predicted molar refractivity (Wildman–Crippen MR) is 108 cm³/mol. The molecule has 4 rings (SSSR count). The van der Waals surface area contributed by atoms with E-state index in [1.807, 2.05) is 42.2 Å². The van der Waals surface area contributed by atoms with E-state index in [1.54, 1.807) is 15.9 Å². The maximum Gasteiger partial charge on any atom is 0.410 e. The lowest BCUT2D eigenvalue weighted by molar-refractivity contribution is -0.138. The molecule has 0 aliphatic carbocycles. The van der Waals surface area contributed by atoms with Gasteiger partial charge in [-0.15, -0.1) is 0 Å². The molecule has 1 atom stereocenters. The lowest BCUT2D eigenvalue weighted by atomic mass is 9.90. The van der Waals surface area contributed by atoms with Crippen molar-refractivity contribution in [2.45, 2.75) is 31.9 Å². The zero-order valence-corrected chi connectivity index (χ0v) is 17.1. The van der Waals surface area contributed by atoms with Crippen molar-refractivity contribution < 1.29 is 19.1 Å². The van der Waals surface area contributed by atoms with Crippen molar-refractivity contribution in [1.82, 2.24) is 24.6 Å². The fourth-order valence-electron chi connectivity index (χ4n) is 4.05. The van der Waals surface area contributed by atoms with Crippen LogP contribution in [0, 0.1) is 5.92 Å². The SMILES string of the molecule is CC(Cn1cncn1)C(=O)N1CCC2(CC1)CN(CCOc1ccccc1)C(=O)O2. The maximum absolute atomic E-state index is 12.8. The standard InChI is InChI=1S/C21H27N5O4/c1-17(13-26-16-22-15-23-26)19(27)24-9-7-21(8-10-24)14-25(20(28)30-21)11-12-29-18-5-3-2-4-6-18/h2-6,15-17H,7-14H2,1H3. The second-order valence-corrected chi connectivity index (χ2v) is 7.98. The van der Waals surface area contributed by atoms with Gasteiger partial charge in [0.2, 0.25) is 5.91 Å². The van der Waals surface area contributed by atoms with Crippen LogP contribution in [0.15, 0.2) is 43.0 Å². The van der Waals surface area contributed by atoms with Crippen molar-refractivity contribution in [3.05, 3.63) is 43.0 Å². The van der Waals surface area contributed by atoms with E-state index in [9.17, 15) is 9.59 Å². The number of hydrogen-bond donors (Lipinski definition) is 0. The summed E-state index contributed by atoms with van der Waals surface area (Å²) in [5.41, 5.74) is -0.504. The molecule has 9 nitrogen and oxygen atoms in total. The first-order valence-electron chi connectivity index (χ1n) is 10.3. The number of hydrogen-bond acceptors (Lipinski definition) is 6. The van der Waals surface area contributed by atoms with Crippen LogP contribution in [0.1, 0.15) is 19.8 Å². The van der Waals surface area contributed by atoms with Gasteiger partial charge < -0.3 is 19.3 Å². The van der Waals surface area contributed by atoms with E-state index in [-0.39, 0.29) is 17.9 Å². The zero-order valence-electron chi connectivity index (χ0n) is 17.1. The van der Waals surface area contributed by atoms with Gasteiger partial charge in [-0.25, -0.2) is 9.78 Å². The summed E-state index contributed by atoms with van der Waals surface area (Å²) >= 11 is 0. The summed E-state index contributed by atoms with van der Waals surface area (Å²) in [7, 11) is 0. The van der Waals surface area contributed by atoms with E-state index in [4.69, 9.17) is 9.47 Å². The van der Waals surface area contributed by atoms with Gasteiger partial charge in [0.05, 0.1) is 25.6 Å². The van der Waals surface area contributed by atoms with Gasteiger partial charge in [0.15, 0.2) is 0 Å². The molecule has 1 spiro atoms. The minimum absolute atomic E-state index is 0.0952. The van der Waals surface area contributed by atoms with Gasteiger partial charge in [-0.2, -0.15) is 5.10 Å². The monoisotopic (exact) mass is 413 g/mol. The molecule has 0 radical (unpaired) electrons. The molecule has 2 aromatic rings. The van der Waals surface area contributed by atoms with Crippen molar-refractivity contribution in [2.24, 2.45) is 5.92 Å². The molecule has 1 aromatic heterocycles. The minimum atomic E-state index is -0.504. The Hall–Kier alpha value is -3.10. The predicted octanol–water partition coefficient (Wildman–Crippen LogP) is 1.81. The van der Waals surface area contributed by atoms with Crippen LogP contribution in [0.2, 0.25) is 0 Å². The number of ether oxygens (including phenoxy) is 2. The number of rotatable bonds is 7. The summed E-state index contributed by atoms with van der Waals surface area (Å²) in [5.74, 6) is 0.697. The average molecular weight is 413 g/mol. The number of aromatic nitrogens is 3. The molecule has 1 aromatic carbocycles. The van der Waals surface area contributed by atoms with Crippen molar-refractivity contribution in [1.29, 1.82) is 0 Å². The van der Waals surface area contributed by atoms with Gasteiger partial charge in [-0.3, -0.25) is 9.48 Å². The first-order valence-corrected chi connectivity index (χ1v) is 10.3. The molecular weight excluding hydrogens is 386 g/mol. The van der Waals surface area contributed by atoms with Crippen LogP contribution in [0.3, 0.4) is 0 Å². The van der Waals surface area contributed by atoms with Gasteiger partial charge in [-0.1, -0.05) is 25.1 Å². The largest absolute Gasteiger partial charge is 0.492 e. The van der Waals surface area contributed by atoms with Crippen LogP contribution in [-0.4, -0.2) is 75.0 Å². The highest BCUT2D eigenvalue weighted by Crippen LogP contribution is 2.33. The number of carbonyl (C=O) groups is 2. The third kappa shape index (κ3) is 4.55. The number of piperidine rings is 1. The summed E-state index contributed by atoms with van der Waals surface area (Å²) in [5, 5.41) is 4.06. The normalized spacial score (nSPS) is 19.0. The van der Waals surface area contributed by atoms with Gasteiger partial charge in [0.25, 0.3) is 0 Å². The van der Waals surface area contributed by atoms with Crippen LogP contribution in [-0.2, 0) is 16.1 Å². The summed E-state index contributed by atoms with van der Waals surface area (Å²) in [6, 6.07) is 9.54. The average Bonchev–Trinajstić information content (AvgIpc) is 3.37. The highest BCUT2D eigenvalue weighted by atomic mass is 16.6. The molecule has 2 fully saturated rings. The highest BCUT2D eigenvalue weighted by molar-refractivity contribution is 5.78. The summed E-state index contributed by atoms with van der Waals surface area (Å²) in [6.45, 7) is 5.01. The van der Waals surface area contributed by atoms with Crippen LogP contribution < -0.4 is 4.74 Å². The lowest BCUT2D eigenvalue weighted by Crippen LogP contribution is -2.50. The van der Waals surface area contributed by atoms with Crippen LogP contribution in [0.5, 0.6) is 5.75 Å². The fraction of sp³-hybridized carbons (Fsp3) is 0.524. The van der Waals surface area contributed by atoms with Crippen LogP contribution in [0.4, 0.5) is 4.79 Å². The van der Waals surface area contributed by atoms with Crippen LogP contribution in [0.25, 0.3) is 0 Å². The van der Waals surface area contributed by atoms with Gasteiger partial charge in [0.1, 0.15) is 30.6 Å². The van der Waals surface area contributed by atoms with E-state index in [0.717, 1.165) is 5.75 Å². The lowest BCUT2D eigenvalue weighted by Gasteiger charge is -2.38. The summed E-state index contributed by atoms with van der Waals surface area (Å²) in [4.78, 5) is 32.6. The van der Waals surface area contributed by atoms with E-state index in [2.05, 4.69) is 10.1 Å². The third-order valence-electron chi connectivity index (χ3n) is 5.75. The van der Waals surface area contributed by atoms with E-state index >= 15 is 0 Å². The minimum Gasteiger partial charge on any atom is -0.492 e. The fourth-order valence-corrected chi connectivity index (χ4v) is 4.05. The molecule has 1 unspecified atom stereocenters. The molecule has 2 saturated heterocycles. The third-order valence-corrected chi connectivity index (χ3v) is 5.75. The Kier molecular flexibility index (Phi) is 5.87. The topological polar surface area (TPSA) is 89.8 Å². The molecular formula is C21H27N5O4. The quantitative estimate of drug-likeness (QED) is 0.688. The first-order chi connectivity index (χ1) is 14.5. The number of carbonyl (C=O) groups excluding carboxylic acids is 2. The van der Waals surface area contributed by atoms with E-state index in [0.29, 0.717) is 52.2 Å². The van der Waals surface area contributed by atoms with E-state index in [1.165, 1.54) is 6.33 Å². The number of para-hydroxylation sites is 1. The molecule has 9 heteroatoms. The molecule has 160 valence electrons. The van der Waals surface area contributed by atoms with Crippen molar-refractivity contribution in [3.63, 3.8) is 0 Å². The van der Waals surface area contributed by atoms with Gasteiger partial charge in [0, 0.05) is 25.9 Å². The van der Waals surface area contributed by atoms with E-state index < -0.39 is 5.60 Å². The summed E-state index contributed by atoms with van der Waals surface area (Å²) < 4.78 is 13.1. The number of nitrogens with zero attached hydrogens (tertiary/aromatic N) is 5. The maximum atomic E-state index is 12.8. The Labute approximate surface area is 175 Å². The van der Waals surface area contributed by atoms with Crippen molar-refractivity contribution in [3.8, 4) is 5.75 Å². The second-order valence-electron chi connectivity index (χ2n) is 7.98. The first kappa shape index (κ1) is 20.2. The molecule has 30 heavy (non-hydrogen) atoms. The van der Waals surface area contributed by atoms with Crippen LogP contribution >= 0.6 is 0 Å². The molecule has 2 aliphatic heterocycles. The Morgan fingerprint density at radius 3 is 2.73 bits per heavy atom. The second kappa shape index (κ2) is 8.73. The number of amides is 2. The zero-order chi connectivity index (χ0) is 21.0. The molecule has 3 heterocycles. The van der Waals surface area contributed by atoms with Gasteiger partial charge >= 0.3 is 6.09 Å². The molecule has 2 aliphatic rings.